The standard InChI is InChI=1S/C24H35N3O6S/c1-2-3-12-34(32,33)27-21(24(30)31)15-26-23(29)19-7-6-17-13-18(22(28)20(17)14-19)5-4-16-8-10-25-11-9-16/h6-7,14,16,18,21,25,27H,2-5,8-13,15H2,1H3,(H,26,29)(H,30,31)/t18?,21-/m0/s1. The SMILES string of the molecule is CCCCS(=O)(=O)N[C@@H](CNC(=O)c1ccc2c(c1)C(=O)C(CCC1CCNCC1)C2)C(=O)O. The van der Waals surface area contributed by atoms with Crippen molar-refractivity contribution < 1.29 is 27.9 Å². The zero-order chi connectivity index (χ0) is 24.7. The van der Waals surface area contributed by atoms with Gasteiger partial charge in [-0.1, -0.05) is 19.4 Å². The minimum atomic E-state index is -3.77. The molecule has 188 valence electrons. The van der Waals surface area contributed by atoms with Gasteiger partial charge in [0.1, 0.15) is 6.04 Å². The Morgan fingerprint density at radius 2 is 1.94 bits per heavy atom. The van der Waals surface area contributed by atoms with E-state index in [-0.39, 0.29) is 23.0 Å². The third-order valence-corrected chi connectivity index (χ3v) is 8.18. The number of unbranched alkanes of at least 4 members (excludes halogenated alkanes) is 1. The Bertz CT molecular complexity index is 1000. The van der Waals surface area contributed by atoms with Gasteiger partial charge in [0.2, 0.25) is 10.0 Å². The van der Waals surface area contributed by atoms with Gasteiger partial charge < -0.3 is 15.7 Å². The molecule has 34 heavy (non-hydrogen) atoms. The molecule has 9 nitrogen and oxygen atoms in total. The molecule has 1 aromatic rings. The van der Waals surface area contributed by atoms with Crippen LogP contribution in [0.4, 0.5) is 0 Å². The van der Waals surface area contributed by atoms with Crippen LogP contribution in [0.2, 0.25) is 0 Å². The van der Waals surface area contributed by atoms with Gasteiger partial charge in [-0.3, -0.25) is 14.4 Å². The number of carbonyl (C=O) groups excluding carboxylic acids is 2. The van der Waals surface area contributed by atoms with Crippen molar-refractivity contribution >= 4 is 27.7 Å². The number of ketones is 1. The fraction of sp³-hybridized carbons (Fsp3) is 0.625. The Hall–Kier alpha value is -2.30. The molecule has 2 aliphatic rings. The minimum absolute atomic E-state index is 0.0582. The van der Waals surface area contributed by atoms with E-state index in [0.29, 0.717) is 30.7 Å². The molecule has 0 bridgehead atoms. The maximum atomic E-state index is 12.9. The topological polar surface area (TPSA) is 142 Å². The van der Waals surface area contributed by atoms with Gasteiger partial charge in [-0.15, -0.1) is 0 Å². The molecule has 1 amide bonds. The average molecular weight is 494 g/mol. The highest BCUT2D eigenvalue weighted by Crippen LogP contribution is 2.32. The molecule has 0 radical (unpaired) electrons. The lowest BCUT2D eigenvalue weighted by Crippen LogP contribution is -2.48. The smallest absolute Gasteiger partial charge is 0.323 e. The lowest BCUT2D eigenvalue weighted by Gasteiger charge is -2.23. The van der Waals surface area contributed by atoms with Gasteiger partial charge in [0.25, 0.3) is 5.91 Å². The normalized spacial score (nSPS) is 19.6. The summed E-state index contributed by atoms with van der Waals surface area (Å²) in [7, 11) is -3.77. The Kier molecular flexibility index (Phi) is 9.21. The molecule has 0 spiro atoms. The number of fused-ring (bicyclic) bond motifs is 1. The van der Waals surface area contributed by atoms with E-state index in [0.717, 1.165) is 44.3 Å². The molecule has 1 fully saturated rings. The number of carboxylic acids is 1. The molecule has 2 atom stereocenters. The monoisotopic (exact) mass is 493 g/mol. The number of nitrogens with one attached hydrogen (secondary N) is 3. The van der Waals surface area contributed by atoms with E-state index in [2.05, 4.69) is 15.4 Å². The Balaban J connectivity index is 1.57. The number of carbonyl (C=O) groups is 3. The second-order valence-corrected chi connectivity index (χ2v) is 11.2. The Labute approximate surface area is 201 Å². The summed E-state index contributed by atoms with van der Waals surface area (Å²) in [5, 5.41) is 15.2. The van der Waals surface area contributed by atoms with Crippen LogP contribution in [0.3, 0.4) is 0 Å². The van der Waals surface area contributed by atoms with Gasteiger partial charge in [-0.2, -0.15) is 4.72 Å². The van der Waals surface area contributed by atoms with E-state index in [1.54, 1.807) is 18.2 Å². The van der Waals surface area contributed by atoms with Crippen LogP contribution in [0.1, 0.15) is 71.7 Å². The second-order valence-electron chi connectivity index (χ2n) is 9.30. The largest absolute Gasteiger partial charge is 0.480 e. The van der Waals surface area contributed by atoms with E-state index in [4.69, 9.17) is 0 Å². The number of piperidine rings is 1. The average Bonchev–Trinajstić information content (AvgIpc) is 3.14. The first-order valence-electron chi connectivity index (χ1n) is 12.1. The molecule has 3 rings (SSSR count). The zero-order valence-electron chi connectivity index (χ0n) is 19.6. The molecule has 1 saturated heterocycles. The maximum Gasteiger partial charge on any atom is 0.323 e. The fourth-order valence-corrected chi connectivity index (χ4v) is 6.03. The summed E-state index contributed by atoms with van der Waals surface area (Å²) in [5.74, 6) is -1.44. The third-order valence-electron chi connectivity index (χ3n) is 6.71. The van der Waals surface area contributed by atoms with Crippen LogP contribution >= 0.6 is 0 Å². The number of aliphatic carboxylic acids is 1. The van der Waals surface area contributed by atoms with Crippen LogP contribution in [-0.2, 0) is 21.2 Å². The molecule has 1 heterocycles. The van der Waals surface area contributed by atoms with E-state index in [1.165, 1.54) is 0 Å². The van der Waals surface area contributed by atoms with Crippen LogP contribution in [0.25, 0.3) is 0 Å². The fourth-order valence-electron chi connectivity index (χ4n) is 4.63. The van der Waals surface area contributed by atoms with Crippen LogP contribution < -0.4 is 15.4 Å². The summed E-state index contributed by atoms with van der Waals surface area (Å²) < 4.78 is 26.2. The molecule has 1 aliphatic carbocycles. The van der Waals surface area contributed by atoms with Crippen molar-refractivity contribution in [1.82, 2.24) is 15.4 Å². The van der Waals surface area contributed by atoms with Gasteiger partial charge in [0.05, 0.1) is 5.75 Å². The van der Waals surface area contributed by atoms with Crippen LogP contribution in [-0.4, -0.2) is 62.6 Å². The van der Waals surface area contributed by atoms with Crippen molar-refractivity contribution in [2.24, 2.45) is 11.8 Å². The minimum Gasteiger partial charge on any atom is -0.480 e. The summed E-state index contributed by atoms with van der Waals surface area (Å²) in [6.45, 7) is 3.50. The van der Waals surface area contributed by atoms with E-state index >= 15 is 0 Å². The van der Waals surface area contributed by atoms with Crippen LogP contribution in [0.5, 0.6) is 0 Å². The summed E-state index contributed by atoms with van der Waals surface area (Å²) >= 11 is 0. The first kappa shape index (κ1) is 26.3. The van der Waals surface area contributed by atoms with Gasteiger partial charge >= 0.3 is 5.97 Å². The Morgan fingerprint density at radius 3 is 2.62 bits per heavy atom. The predicted octanol–water partition coefficient (Wildman–Crippen LogP) is 1.72. The van der Waals surface area contributed by atoms with Crippen molar-refractivity contribution in [3.8, 4) is 0 Å². The summed E-state index contributed by atoms with van der Waals surface area (Å²) in [5.41, 5.74) is 1.74. The molecule has 10 heteroatoms. The molecule has 1 aromatic carbocycles. The highest BCUT2D eigenvalue weighted by Gasteiger charge is 2.32. The van der Waals surface area contributed by atoms with Crippen molar-refractivity contribution in [1.29, 1.82) is 0 Å². The van der Waals surface area contributed by atoms with Crippen molar-refractivity contribution in [3.63, 3.8) is 0 Å². The number of amides is 1. The van der Waals surface area contributed by atoms with Crippen molar-refractivity contribution in [2.45, 2.75) is 57.9 Å². The third kappa shape index (κ3) is 7.10. The highest BCUT2D eigenvalue weighted by atomic mass is 32.2. The van der Waals surface area contributed by atoms with Crippen LogP contribution in [0, 0.1) is 11.8 Å². The lowest BCUT2D eigenvalue weighted by atomic mass is 9.88. The summed E-state index contributed by atoms with van der Waals surface area (Å²) in [6, 6.07) is 3.51. The molecule has 1 aliphatic heterocycles. The lowest BCUT2D eigenvalue weighted by molar-refractivity contribution is -0.138. The number of hydrogen-bond donors (Lipinski definition) is 4. The number of hydrogen-bond acceptors (Lipinski definition) is 6. The van der Waals surface area contributed by atoms with Crippen molar-refractivity contribution in [3.05, 3.63) is 34.9 Å². The van der Waals surface area contributed by atoms with Crippen molar-refractivity contribution in [2.75, 3.05) is 25.4 Å². The first-order valence-corrected chi connectivity index (χ1v) is 13.7. The molecular formula is C24H35N3O6S. The summed E-state index contributed by atoms with van der Waals surface area (Å²) in [4.78, 5) is 37.1. The van der Waals surface area contributed by atoms with Gasteiger partial charge in [-0.25, -0.2) is 8.42 Å². The Morgan fingerprint density at radius 1 is 1.21 bits per heavy atom. The highest BCUT2D eigenvalue weighted by molar-refractivity contribution is 7.89. The number of carboxylic acid groups (broad SMARTS) is 1. The maximum absolute atomic E-state index is 12.9. The quantitative estimate of drug-likeness (QED) is 0.347. The predicted molar refractivity (Wildman–Crippen MR) is 128 cm³/mol. The zero-order valence-corrected chi connectivity index (χ0v) is 20.5. The molecule has 1 unspecified atom stereocenters. The number of benzene rings is 1. The summed E-state index contributed by atoms with van der Waals surface area (Å²) in [6.07, 6.45) is 5.92. The molecular weight excluding hydrogens is 458 g/mol. The molecule has 0 aromatic heterocycles. The van der Waals surface area contributed by atoms with Gasteiger partial charge in [0, 0.05) is 23.6 Å². The number of sulfonamides is 1. The first-order chi connectivity index (χ1) is 16.2. The van der Waals surface area contributed by atoms with E-state index in [9.17, 15) is 27.9 Å². The van der Waals surface area contributed by atoms with E-state index in [1.807, 2.05) is 6.92 Å². The van der Waals surface area contributed by atoms with Gasteiger partial charge in [0.15, 0.2) is 5.78 Å². The number of Topliss-reactive ketones (excluding diaryl/α,β-unsaturated/α-hetero) is 1. The van der Waals surface area contributed by atoms with E-state index < -0.39 is 34.5 Å². The van der Waals surface area contributed by atoms with Gasteiger partial charge in [-0.05, 0) is 75.2 Å². The molecule has 0 saturated carbocycles. The molecule has 4 N–H and O–H groups in total. The second kappa shape index (κ2) is 11.9. The van der Waals surface area contributed by atoms with Crippen LogP contribution in [0.15, 0.2) is 18.2 Å². The number of rotatable bonds is 12.